The highest BCUT2D eigenvalue weighted by molar-refractivity contribution is 6.32. The molecule has 1 aromatic rings. The molecule has 0 amide bonds. The highest BCUT2D eigenvalue weighted by Crippen LogP contribution is 2.33. The number of hydrogen-bond donors (Lipinski definition) is 2. The summed E-state index contributed by atoms with van der Waals surface area (Å²) < 4.78 is 42.3. The van der Waals surface area contributed by atoms with Gasteiger partial charge in [0.05, 0.1) is 35.8 Å². The molecule has 1 aliphatic heterocycles. The van der Waals surface area contributed by atoms with Crippen molar-refractivity contribution in [3.05, 3.63) is 22.8 Å². The number of anilines is 1. The Labute approximate surface area is 112 Å². The molecular formula is C11H12ClF3N2O2. The van der Waals surface area contributed by atoms with Crippen molar-refractivity contribution in [2.24, 2.45) is 5.41 Å². The monoisotopic (exact) mass is 296 g/mol. The number of nitrogens with one attached hydrogen (secondary N) is 1. The summed E-state index contributed by atoms with van der Waals surface area (Å²) in [5.41, 5.74) is -1.31. The van der Waals surface area contributed by atoms with E-state index < -0.39 is 17.2 Å². The van der Waals surface area contributed by atoms with Crippen LogP contribution in [-0.4, -0.2) is 36.5 Å². The lowest BCUT2D eigenvalue weighted by atomic mass is 9.87. The van der Waals surface area contributed by atoms with Crippen LogP contribution in [0, 0.1) is 5.41 Å². The Balaban J connectivity index is 2.05. The molecule has 0 aromatic carbocycles. The first-order valence-electron chi connectivity index (χ1n) is 5.52. The quantitative estimate of drug-likeness (QED) is 0.894. The Bertz CT molecular complexity index is 458. The summed E-state index contributed by atoms with van der Waals surface area (Å²) in [6.45, 7) is 1.06. The van der Waals surface area contributed by atoms with E-state index in [9.17, 15) is 18.3 Å². The average molecular weight is 297 g/mol. The van der Waals surface area contributed by atoms with Crippen LogP contribution < -0.4 is 5.32 Å². The van der Waals surface area contributed by atoms with Gasteiger partial charge in [-0.3, -0.25) is 0 Å². The van der Waals surface area contributed by atoms with Crippen LogP contribution >= 0.6 is 11.6 Å². The van der Waals surface area contributed by atoms with Gasteiger partial charge in [0.1, 0.15) is 5.82 Å². The maximum Gasteiger partial charge on any atom is 0.417 e. The van der Waals surface area contributed by atoms with Gasteiger partial charge in [0.15, 0.2) is 0 Å². The predicted molar refractivity (Wildman–Crippen MR) is 63.1 cm³/mol. The van der Waals surface area contributed by atoms with Crippen molar-refractivity contribution in [1.82, 2.24) is 4.98 Å². The molecule has 8 heteroatoms. The number of ether oxygens (including phenoxy) is 1. The largest absolute Gasteiger partial charge is 0.417 e. The molecule has 106 valence electrons. The molecule has 2 heterocycles. The molecule has 1 aromatic heterocycles. The summed E-state index contributed by atoms with van der Waals surface area (Å²) in [7, 11) is 0. The number of nitrogens with zero attached hydrogens (tertiary/aromatic N) is 1. The van der Waals surface area contributed by atoms with E-state index in [0.717, 1.165) is 12.3 Å². The van der Waals surface area contributed by atoms with Gasteiger partial charge < -0.3 is 15.2 Å². The number of rotatable bonds is 4. The highest BCUT2D eigenvalue weighted by atomic mass is 35.5. The van der Waals surface area contributed by atoms with Gasteiger partial charge in [-0.1, -0.05) is 11.6 Å². The first-order chi connectivity index (χ1) is 8.86. The van der Waals surface area contributed by atoms with Gasteiger partial charge >= 0.3 is 6.18 Å². The van der Waals surface area contributed by atoms with Gasteiger partial charge in [0.2, 0.25) is 0 Å². The second kappa shape index (κ2) is 5.15. The lowest BCUT2D eigenvalue weighted by molar-refractivity contribution is -0.137. The molecule has 0 radical (unpaired) electrons. The number of pyridine rings is 1. The van der Waals surface area contributed by atoms with Crippen LogP contribution in [0.4, 0.5) is 19.0 Å². The summed E-state index contributed by atoms with van der Waals surface area (Å²) in [6.07, 6.45) is -3.75. The van der Waals surface area contributed by atoms with Crippen LogP contribution in [0.3, 0.4) is 0 Å². The molecule has 0 unspecified atom stereocenters. The van der Waals surface area contributed by atoms with Crippen LogP contribution in [0.1, 0.15) is 5.56 Å². The van der Waals surface area contributed by atoms with E-state index in [4.69, 9.17) is 16.3 Å². The van der Waals surface area contributed by atoms with E-state index in [2.05, 4.69) is 10.3 Å². The smallest absolute Gasteiger partial charge is 0.396 e. The Morgan fingerprint density at radius 1 is 1.47 bits per heavy atom. The fourth-order valence-corrected chi connectivity index (χ4v) is 1.87. The first-order valence-corrected chi connectivity index (χ1v) is 5.89. The molecule has 1 saturated heterocycles. The number of aromatic nitrogens is 1. The molecule has 4 nitrogen and oxygen atoms in total. The molecular weight excluding hydrogens is 285 g/mol. The van der Waals surface area contributed by atoms with Gasteiger partial charge in [-0.15, -0.1) is 0 Å². The van der Waals surface area contributed by atoms with Gasteiger partial charge in [-0.25, -0.2) is 4.98 Å². The molecule has 0 bridgehead atoms. The van der Waals surface area contributed by atoms with Crippen LogP contribution in [0.2, 0.25) is 5.02 Å². The third-order valence-corrected chi connectivity index (χ3v) is 3.24. The SMILES string of the molecule is OCC1(CNc2ncc(C(F)(F)F)cc2Cl)COC1. The van der Waals surface area contributed by atoms with Crippen molar-refractivity contribution in [3.63, 3.8) is 0 Å². The minimum atomic E-state index is -4.47. The summed E-state index contributed by atoms with van der Waals surface area (Å²) in [4.78, 5) is 3.65. The highest BCUT2D eigenvalue weighted by Gasteiger charge is 2.38. The Morgan fingerprint density at radius 2 is 2.16 bits per heavy atom. The van der Waals surface area contributed by atoms with Crippen LogP contribution in [0.25, 0.3) is 0 Å². The zero-order valence-corrected chi connectivity index (χ0v) is 10.6. The van der Waals surface area contributed by atoms with E-state index in [1.807, 2.05) is 0 Å². The van der Waals surface area contributed by atoms with Gasteiger partial charge in [-0.2, -0.15) is 13.2 Å². The maximum absolute atomic E-state index is 12.4. The fourth-order valence-electron chi connectivity index (χ4n) is 1.63. The minimum absolute atomic E-state index is 0.0712. The second-order valence-electron chi connectivity index (χ2n) is 4.56. The second-order valence-corrected chi connectivity index (χ2v) is 4.96. The molecule has 0 aliphatic carbocycles. The van der Waals surface area contributed by atoms with Gasteiger partial charge in [0.25, 0.3) is 0 Å². The molecule has 2 N–H and O–H groups in total. The standard InChI is InChI=1S/C11H12ClF3N2O2/c12-8-1-7(11(13,14)15)2-16-9(8)17-3-10(4-18)5-19-6-10/h1-2,18H,3-6H2,(H,16,17). The van der Waals surface area contributed by atoms with E-state index in [1.165, 1.54) is 0 Å². The van der Waals surface area contributed by atoms with E-state index in [0.29, 0.717) is 19.8 Å². The van der Waals surface area contributed by atoms with Crippen molar-refractivity contribution in [2.45, 2.75) is 6.18 Å². The summed E-state index contributed by atoms with van der Waals surface area (Å²) in [5.74, 6) is 0.161. The van der Waals surface area contributed by atoms with E-state index in [-0.39, 0.29) is 17.4 Å². The topological polar surface area (TPSA) is 54.4 Å². The van der Waals surface area contributed by atoms with Crippen molar-refractivity contribution < 1.29 is 23.0 Å². The van der Waals surface area contributed by atoms with Crippen molar-refractivity contribution in [3.8, 4) is 0 Å². The average Bonchev–Trinajstić information content (AvgIpc) is 2.28. The number of alkyl halides is 3. The lowest BCUT2D eigenvalue weighted by Crippen LogP contribution is -2.50. The molecule has 2 rings (SSSR count). The number of halogens is 4. The van der Waals surface area contributed by atoms with Gasteiger partial charge in [0, 0.05) is 12.7 Å². The third kappa shape index (κ3) is 3.10. The van der Waals surface area contributed by atoms with Crippen LogP contribution in [0.15, 0.2) is 12.3 Å². The summed E-state index contributed by atoms with van der Waals surface area (Å²) in [5, 5.41) is 11.9. The first kappa shape index (κ1) is 14.4. The predicted octanol–water partition coefficient (Wildman–Crippen LogP) is 2.17. The Hall–Kier alpha value is -1.05. The minimum Gasteiger partial charge on any atom is -0.396 e. The number of aliphatic hydroxyl groups excluding tert-OH is 1. The molecule has 0 saturated carbocycles. The van der Waals surface area contributed by atoms with E-state index >= 15 is 0 Å². The fraction of sp³-hybridized carbons (Fsp3) is 0.545. The Kier molecular flexibility index (Phi) is 3.89. The zero-order valence-electron chi connectivity index (χ0n) is 9.80. The number of hydrogen-bond acceptors (Lipinski definition) is 4. The molecule has 0 atom stereocenters. The lowest BCUT2D eigenvalue weighted by Gasteiger charge is -2.40. The molecule has 0 spiro atoms. The maximum atomic E-state index is 12.4. The van der Waals surface area contributed by atoms with Crippen molar-refractivity contribution in [2.75, 3.05) is 31.7 Å². The zero-order chi connectivity index (χ0) is 14.1. The van der Waals surface area contributed by atoms with Crippen LogP contribution in [0.5, 0.6) is 0 Å². The Morgan fingerprint density at radius 3 is 2.58 bits per heavy atom. The van der Waals surface area contributed by atoms with E-state index in [1.54, 1.807) is 0 Å². The van der Waals surface area contributed by atoms with Crippen molar-refractivity contribution in [1.29, 1.82) is 0 Å². The van der Waals surface area contributed by atoms with Crippen LogP contribution in [-0.2, 0) is 10.9 Å². The number of aliphatic hydroxyl groups is 1. The van der Waals surface area contributed by atoms with Gasteiger partial charge in [-0.05, 0) is 6.07 Å². The van der Waals surface area contributed by atoms with Crippen molar-refractivity contribution >= 4 is 17.4 Å². The molecule has 19 heavy (non-hydrogen) atoms. The normalized spacial score (nSPS) is 17.9. The molecule has 1 fully saturated rings. The molecule has 1 aliphatic rings. The summed E-state index contributed by atoms with van der Waals surface area (Å²) in [6, 6.07) is 0.819. The summed E-state index contributed by atoms with van der Waals surface area (Å²) >= 11 is 5.75. The third-order valence-electron chi connectivity index (χ3n) is 2.95.